The monoisotopic (exact) mass is 460 g/mol. The molecule has 0 saturated carbocycles. The van der Waals surface area contributed by atoms with Crippen molar-refractivity contribution >= 4 is 45.8 Å². The number of aromatic nitrogens is 2. The van der Waals surface area contributed by atoms with Crippen molar-refractivity contribution in [1.29, 1.82) is 0 Å². The van der Waals surface area contributed by atoms with Crippen LogP contribution in [0, 0.1) is 6.92 Å². The fourth-order valence-corrected chi connectivity index (χ4v) is 4.86. The fraction of sp³-hybridized carbons (Fsp3) is 0.318. The molecule has 1 atom stereocenters. The number of benzene rings is 2. The minimum Gasteiger partial charge on any atom is -0.343 e. The van der Waals surface area contributed by atoms with E-state index in [1.165, 1.54) is 22.7 Å². The molecule has 0 N–H and O–H groups in total. The van der Waals surface area contributed by atoms with Crippen molar-refractivity contribution in [3.63, 3.8) is 0 Å². The molecular weight excluding hydrogens is 439 g/mol. The third kappa shape index (κ3) is 4.77. The van der Waals surface area contributed by atoms with Crippen LogP contribution < -0.4 is 4.90 Å². The van der Waals surface area contributed by atoms with E-state index in [1.54, 1.807) is 18.2 Å². The predicted molar refractivity (Wildman–Crippen MR) is 123 cm³/mol. The normalized spacial score (nSPS) is 16.7. The van der Waals surface area contributed by atoms with Crippen LogP contribution in [0.25, 0.3) is 0 Å². The first-order valence-corrected chi connectivity index (χ1v) is 11.3. The summed E-state index contributed by atoms with van der Waals surface area (Å²) >= 11 is 13.5. The van der Waals surface area contributed by atoms with Crippen molar-refractivity contribution in [3.8, 4) is 0 Å². The lowest BCUT2D eigenvalue weighted by molar-refractivity contribution is 0.0674. The van der Waals surface area contributed by atoms with E-state index in [1.807, 2.05) is 11.8 Å². The maximum absolute atomic E-state index is 13.0. The molecule has 2 aromatic carbocycles. The number of anilines is 1. The number of hydrogen-bond donors (Lipinski definition) is 0. The summed E-state index contributed by atoms with van der Waals surface area (Å²) < 4.78 is 4.53. The number of amides is 1. The zero-order chi connectivity index (χ0) is 21.3. The summed E-state index contributed by atoms with van der Waals surface area (Å²) in [6, 6.07) is 13.4. The van der Waals surface area contributed by atoms with Crippen LogP contribution >= 0.6 is 34.7 Å². The summed E-state index contributed by atoms with van der Waals surface area (Å²) in [6.07, 6.45) is 0.723. The Balaban J connectivity index is 1.41. The van der Waals surface area contributed by atoms with Gasteiger partial charge in [0.1, 0.15) is 5.82 Å². The Labute approximate surface area is 190 Å². The summed E-state index contributed by atoms with van der Waals surface area (Å²) in [5.74, 6) is 0.780. The van der Waals surface area contributed by atoms with E-state index in [2.05, 4.69) is 40.5 Å². The van der Waals surface area contributed by atoms with E-state index in [9.17, 15) is 4.79 Å². The van der Waals surface area contributed by atoms with Crippen LogP contribution in [0.4, 0.5) is 5.13 Å². The SMILES string of the molecule is Cc1ccc(Cc2nsc(N3CCN(C(=O)c4cc(Cl)cc(Cl)c4)C(C)C3)n2)cc1. The number of carbonyl (C=O) groups is 1. The molecule has 30 heavy (non-hydrogen) atoms. The molecule has 1 aliphatic heterocycles. The van der Waals surface area contributed by atoms with Gasteiger partial charge < -0.3 is 9.80 Å². The number of aryl methyl sites for hydroxylation is 1. The Hall–Kier alpha value is -2.15. The molecule has 0 spiro atoms. The maximum Gasteiger partial charge on any atom is 0.254 e. The highest BCUT2D eigenvalue weighted by Crippen LogP contribution is 2.25. The topological polar surface area (TPSA) is 49.3 Å². The van der Waals surface area contributed by atoms with Gasteiger partial charge in [0.15, 0.2) is 0 Å². The van der Waals surface area contributed by atoms with Gasteiger partial charge in [0.2, 0.25) is 5.13 Å². The molecule has 3 aromatic rings. The number of carbonyl (C=O) groups excluding carboxylic acids is 1. The number of piperazine rings is 1. The van der Waals surface area contributed by atoms with Gasteiger partial charge in [-0.05, 0) is 37.6 Å². The first-order chi connectivity index (χ1) is 14.4. The summed E-state index contributed by atoms with van der Waals surface area (Å²) in [7, 11) is 0. The van der Waals surface area contributed by atoms with Gasteiger partial charge in [-0.1, -0.05) is 53.0 Å². The molecular formula is C22H22Cl2N4OS. The summed E-state index contributed by atoms with van der Waals surface area (Å²) in [5.41, 5.74) is 2.96. The molecule has 1 aromatic heterocycles. The van der Waals surface area contributed by atoms with Gasteiger partial charge in [0.25, 0.3) is 5.91 Å². The van der Waals surface area contributed by atoms with E-state index in [-0.39, 0.29) is 11.9 Å². The molecule has 0 radical (unpaired) electrons. The molecule has 1 aliphatic rings. The molecule has 0 aliphatic carbocycles. The zero-order valence-corrected chi connectivity index (χ0v) is 19.1. The third-order valence-corrected chi connectivity index (χ3v) is 6.46. The summed E-state index contributed by atoms with van der Waals surface area (Å²) in [6.45, 7) is 6.15. The smallest absolute Gasteiger partial charge is 0.254 e. The minimum absolute atomic E-state index is 0.0356. The van der Waals surface area contributed by atoms with E-state index < -0.39 is 0 Å². The van der Waals surface area contributed by atoms with Crippen molar-refractivity contribution in [2.75, 3.05) is 24.5 Å². The van der Waals surface area contributed by atoms with E-state index in [0.29, 0.717) is 35.2 Å². The molecule has 1 unspecified atom stereocenters. The fourth-order valence-electron chi connectivity index (χ4n) is 3.61. The molecule has 4 rings (SSSR count). The van der Waals surface area contributed by atoms with Crippen LogP contribution in [0.2, 0.25) is 10.0 Å². The van der Waals surface area contributed by atoms with Crippen LogP contribution in [-0.2, 0) is 6.42 Å². The number of hydrogen-bond acceptors (Lipinski definition) is 5. The maximum atomic E-state index is 13.0. The van der Waals surface area contributed by atoms with Crippen molar-refractivity contribution in [1.82, 2.24) is 14.3 Å². The van der Waals surface area contributed by atoms with Gasteiger partial charge in [0.05, 0.1) is 0 Å². The molecule has 2 heterocycles. The van der Waals surface area contributed by atoms with Crippen LogP contribution in [0.15, 0.2) is 42.5 Å². The van der Waals surface area contributed by atoms with Crippen LogP contribution in [-0.4, -0.2) is 45.8 Å². The quantitative estimate of drug-likeness (QED) is 0.543. The standard InChI is InChI=1S/C22H22Cl2N4OS/c1-14-3-5-16(6-4-14)9-20-25-22(30-26-20)27-7-8-28(15(2)13-27)21(29)17-10-18(23)12-19(24)11-17/h3-6,10-12,15H,7-9,13H2,1-2H3. The number of nitrogens with zero attached hydrogens (tertiary/aromatic N) is 4. The van der Waals surface area contributed by atoms with Gasteiger partial charge >= 0.3 is 0 Å². The molecule has 1 fully saturated rings. The number of halogens is 2. The lowest BCUT2D eigenvalue weighted by Gasteiger charge is -2.39. The molecule has 8 heteroatoms. The van der Waals surface area contributed by atoms with Gasteiger partial charge in [0, 0.05) is 59.2 Å². The van der Waals surface area contributed by atoms with E-state index in [4.69, 9.17) is 28.2 Å². The Morgan fingerprint density at radius 3 is 2.50 bits per heavy atom. The lowest BCUT2D eigenvalue weighted by Crippen LogP contribution is -2.54. The van der Waals surface area contributed by atoms with Crippen LogP contribution in [0.3, 0.4) is 0 Å². The third-order valence-electron chi connectivity index (χ3n) is 5.21. The molecule has 5 nitrogen and oxygen atoms in total. The molecule has 156 valence electrons. The molecule has 1 saturated heterocycles. The Kier molecular flexibility index (Phi) is 6.27. The van der Waals surface area contributed by atoms with Crippen LogP contribution in [0.1, 0.15) is 34.2 Å². The Morgan fingerprint density at radius 2 is 1.83 bits per heavy atom. The predicted octanol–water partition coefficient (Wildman–Crippen LogP) is 5.10. The summed E-state index contributed by atoms with van der Waals surface area (Å²) in [5, 5.41) is 1.83. The second kappa shape index (κ2) is 8.92. The van der Waals surface area contributed by atoms with Gasteiger partial charge in [-0.2, -0.15) is 4.37 Å². The van der Waals surface area contributed by atoms with Crippen molar-refractivity contribution in [2.24, 2.45) is 0 Å². The Bertz CT molecular complexity index is 1030. The lowest BCUT2D eigenvalue weighted by atomic mass is 10.1. The molecule has 1 amide bonds. The summed E-state index contributed by atoms with van der Waals surface area (Å²) in [4.78, 5) is 21.8. The average molecular weight is 461 g/mol. The Morgan fingerprint density at radius 1 is 1.13 bits per heavy atom. The first-order valence-electron chi connectivity index (χ1n) is 9.79. The largest absolute Gasteiger partial charge is 0.343 e. The second-order valence-electron chi connectivity index (χ2n) is 7.61. The van der Waals surface area contributed by atoms with Crippen molar-refractivity contribution in [3.05, 3.63) is 75.0 Å². The zero-order valence-electron chi connectivity index (χ0n) is 16.8. The second-order valence-corrected chi connectivity index (χ2v) is 9.21. The van der Waals surface area contributed by atoms with Crippen molar-refractivity contribution < 1.29 is 4.79 Å². The highest BCUT2D eigenvalue weighted by Gasteiger charge is 2.30. The highest BCUT2D eigenvalue weighted by molar-refractivity contribution is 7.09. The van der Waals surface area contributed by atoms with E-state index >= 15 is 0 Å². The van der Waals surface area contributed by atoms with Crippen molar-refractivity contribution in [2.45, 2.75) is 26.3 Å². The molecule has 0 bridgehead atoms. The first kappa shape index (κ1) is 21.1. The van der Waals surface area contributed by atoms with Gasteiger partial charge in [-0.15, -0.1) is 0 Å². The van der Waals surface area contributed by atoms with Crippen LogP contribution in [0.5, 0.6) is 0 Å². The minimum atomic E-state index is -0.0520. The highest BCUT2D eigenvalue weighted by atomic mass is 35.5. The number of rotatable bonds is 4. The van der Waals surface area contributed by atoms with Gasteiger partial charge in [-0.25, -0.2) is 4.98 Å². The van der Waals surface area contributed by atoms with Gasteiger partial charge in [-0.3, -0.25) is 4.79 Å². The van der Waals surface area contributed by atoms with E-state index in [0.717, 1.165) is 17.4 Å². The average Bonchev–Trinajstić information content (AvgIpc) is 3.17.